The molecule has 5 atom stereocenters. The summed E-state index contributed by atoms with van der Waals surface area (Å²) in [5.74, 6) is -0.734. The first-order chi connectivity index (χ1) is 16.5. The van der Waals surface area contributed by atoms with E-state index < -0.39 is 30.3 Å². The normalized spacial score (nSPS) is 29.7. The highest BCUT2D eigenvalue weighted by atomic mass is 31.2. The Labute approximate surface area is 209 Å². The molecule has 3 aliphatic heterocycles. The molecule has 0 saturated carbocycles. The third-order valence-electron chi connectivity index (χ3n) is 8.33. The molecule has 2 aromatic rings. The average molecular weight is 490 g/mol. The Kier molecular flexibility index (Phi) is 5.75. The number of para-hydroxylation sites is 1. The topological polar surface area (TPSA) is 54.5 Å². The number of carbonyl (C=O) groups is 2. The van der Waals surface area contributed by atoms with Crippen molar-refractivity contribution >= 4 is 29.9 Å². The molecule has 35 heavy (non-hydrogen) atoms. The molecule has 4 nitrogen and oxygen atoms in total. The summed E-state index contributed by atoms with van der Waals surface area (Å²) in [7, 11) is -3.11. The lowest BCUT2D eigenvalue weighted by Crippen LogP contribution is -2.36. The minimum Gasteiger partial charge on any atom is -0.317 e. The Morgan fingerprint density at radius 3 is 1.86 bits per heavy atom. The number of hydrogen-bond acceptors (Lipinski definition) is 3. The van der Waals surface area contributed by atoms with Gasteiger partial charge in [-0.05, 0) is 53.5 Å². The van der Waals surface area contributed by atoms with Crippen molar-refractivity contribution in [1.82, 2.24) is 0 Å². The van der Waals surface area contributed by atoms with Gasteiger partial charge in [0.25, 0.3) is 0 Å². The number of hydrogen-bond donors (Lipinski definition) is 0. The summed E-state index contributed by atoms with van der Waals surface area (Å²) in [6.07, 6.45) is 2.07. The van der Waals surface area contributed by atoms with Crippen LogP contribution in [0.15, 0.2) is 54.1 Å². The molecule has 1 unspecified atom stereocenters. The number of imide groups is 1. The zero-order valence-electron chi connectivity index (χ0n) is 21.8. The van der Waals surface area contributed by atoms with E-state index in [-0.39, 0.29) is 23.7 Å². The van der Waals surface area contributed by atoms with Gasteiger partial charge < -0.3 is 4.57 Å². The molecule has 0 radical (unpaired) electrons. The van der Waals surface area contributed by atoms with Crippen molar-refractivity contribution in [2.75, 3.05) is 4.90 Å². The van der Waals surface area contributed by atoms with Crippen LogP contribution in [-0.4, -0.2) is 23.1 Å². The van der Waals surface area contributed by atoms with Gasteiger partial charge in [0.2, 0.25) is 11.8 Å². The number of carbonyl (C=O) groups excluding carboxylic acids is 2. The zero-order chi connectivity index (χ0) is 25.4. The minimum atomic E-state index is -3.11. The van der Waals surface area contributed by atoms with Crippen molar-refractivity contribution in [2.45, 2.75) is 77.5 Å². The summed E-state index contributed by atoms with van der Waals surface area (Å²) in [5.41, 5.74) is 4.31. The number of anilines is 1. The lowest BCUT2D eigenvalue weighted by Gasteiger charge is -2.31. The SMILES string of the molecule is CC1=C[C@H]2[C@H]3C(=O)N(c4ccccc4)C(=O)[C@H]3[C@@H]1P2(=O)c1c(C(C)C)cc(C(C)C)cc1C(C)C. The summed E-state index contributed by atoms with van der Waals surface area (Å²) in [6, 6.07) is 13.6. The molecular weight excluding hydrogens is 453 g/mol. The van der Waals surface area contributed by atoms with Gasteiger partial charge in [0, 0.05) is 11.0 Å². The first-order valence-corrected chi connectivity index (χ1v) is 14.7. The molecule has 2 fully saturated rings. The third-order valence-corrected chi connectivity index (χ3v) is 12.5. The lowest BCUT2D eigenvalue weighted by atomic mass is 9.82. The van der Waals surface area contributed by atoms with Crippen molar-refractivity contribution in [2.24, 2.45) is 11.8 Å². The highest BCUT2D eigenvalue weighted by Crippen LogP contribution is 2.75. The summed E-state index contributed by atoms with van der Waals surface area (Å²) in [6.45, 7) is 15.0. The molecule has 3 heterocycles. The van der Waals surface area contributed by atoms with Crippen molar-refractivity contribution in [3.63, 3.8) is 0 Å². The van der Waals surface area contributed by atoms with Gasteiger partial charge in [-0.2, -0.15) is 0 Å². The van der Waals surface area contributed by atoms with Crippen LogP contribution in [0.2, 0.25) is 0 Å². The quantitative estimate of drug-likeness (QED) is 0.271. The van der Waals surface area contributed by atoms with E-state index in [0.717, 1.165) is 22.0 Å². The molecule has 2 aromatic carbocycles. The first-order valence-electron chi connectivity index (χ1n) is 12.9. The first kappa shape index (κ1) is 24.3. The largest absolute Gasteiger partial charge is 0.317 e. The summed E-state index contributed by atoms with van der Waals surface area (Å²) in [5, 5.41) is 0.955. The lowest BCUT2D eigenvalue weighted by molar-refractivity contribution is -0.122. The van der Waals surface area contributed by atoms with Crippen LogP contribution in [0.1, 0.15) is 82.9 Å². The van der Waals surface area contributed by atoms with Crippen LogP contribution in [0.25, 0.3) is 0 Å². The van der Waals surface area contributed by atoms with Gasteiger partial charge in [-0.15, -0.1) is 0 Å². The van der Waals surface area contributed by atoms with Crippen LogP contribution in [0, 0.1) is 11.8 Å². The van der Waals surface area contributed by atoms with Crippen LogP contribution in [0.5, 0.6) is 0 Å². The van der Waals surface area contributed by atoms with Crippen molar-refractivity contribution < 1.29 is 14.2 Å². The molecule has 0 aromatic heterocycles. The maximum atomic E-state index is 15.5. The fourth-order valence-corrected chi connectivity index (χ4v) is 11.8. The second-order valence-corrected chi connectivity index (χ2v) is 14.5. The van der Waals surface area contributed by atoms with Crippen LogP contribution < -0.4 is 10.2 Å². The molecule has 0 spiro atoms. The predicted octanol–water partition coefficient (Wildman–Crippen LogP) is 6.56. The van der Waals surface area contributed by atoms with E-state index in [1.165, 1.54) is 10.5 Å². The van der Waals surface area contributed by atoms with Gasteiger partial charge in [0.15, 0.2) is 0 Å². The fraction of sp³-hybridized carbons (Fsp3) is 0.467. The molecule has 2 amide bonds. The monoisotopic (exact) mass is 489 g/mol. The second-order valence-electron chi connectivity index (χ2n) is 11.5. The molecule has 2 bridgehead atoms. The van der Waals surface area contributed by atoms with Crippen LogP contribution in [0.4, 0.5) is 5.69 Å². The van der Waals surface area contributed by atoms with Crippen molar-refractivity contribution in [3.05, 3.63) is 70.8 Å². The van der Waals surface area contributed by atoms with Gasteiger partial charge in [0.05, 0.1) is 23.2 Å². The van der Waals surface area contributed by atoms with Gasteiger partial charge in [-0.3, -0.25) is 9.59 Å². The Morgan fingerprint density at radius 1 is 0.800 bits per heavy atom. The second kappa shape index (κ2) is 8.30. The molecule has 2 saturated heterocycles. The third kappa shape index (κ3) is 3.29. The number of allylic oxidation sites excluding steroid dienone is 2. The van der Waals surface area contributed by atoms with Gasteiger partial charge in [-0.25, -0.2) is 4.90 Å². The van der Waals surface area contributed by atoms with Gasteiger partial charge >= 0.3 is 0 Å². The van der Waals surface area contributed by atoms with E-state index in [0.29, 0.717) is 11.6 Å². The van der Waals surface area contributed by atoms with E-state index in [1.807, 2.05) is 25.1 Å². The Hall–Kier alpha value is -2.45. The number of nitrogens with zero attached hydrogens (tertiary/aromatic N) is 1. The van der Waals surface area contributed by atoms with Gasteiger partial charge in [-0.1, -0.05) is 83.5 Å². The maximum Gasteiger partial charge on any atom is 0.238 e. The van der Waals surface area contributed by atoms with Gasteiger partial charge in [0.1, 0.15) is 7.14 Å². The molecular formula is C30H36NO3P. The molecule has 3 aliphatic rings. The number of benzene rings is 2. The fourth-order valence-electron chi connectivity index (χ4n) is 6.68. The van der Waals surface area contributed by atoms with E-state index >= 15 is 4.57 Å². The Bertz CT molecular complexity index is 1260. The van der Waals surface area contributed by atoms with E-state index in [2.05, 4.69) is 59.8 Å². The number of amides is 2. The van der Waals surface area contributed by atoms with E-state index in [9.17, 15) is 9.59 Å². The summed E-state index contributed by atoms with van der Waals surface area (Å²) in [4.78, 5) is 28.9. The highest BCUT2D eigenvalue weighted by molar-refractivity contribution is 7.74. The number of rotatable bonds is 5. The number of fused-ring (bicyclic) bond motifs is 5. The smallest absolute Gasteiger partial charge is 0.238 e. The minimum absolute atomic E-state index is 0.192. The van der Waals surface area contributed by atoms with Crippen molar-refractivity contribution in [3.8, 4) is 0 Å². The Morgan fingerprint density at radius 2 is 1.34 bits per heavy atom. The maximum absolute atomic E-state index is 15.5. The molecule has 5 heteroatoms. The van der Waals surface area contributed by atoms with Crippen LogP contribution in [-0.2, 0) is 14.2 Å². The molecule has 5 rings (SSSR count). The predicted molar refractivity (Wildman–Crippen MR) is 143 cm³/mol. The Balaban J connectivity index is 1.71. The standard InChI is InChI=1S/C30H36NO3P/c1-16(2)20-14-22(17(3)4)28(23(15-20)18(5)6)35(34)24-13-19(7)27(35)26-25(24)29(32)31(30(26)33)21-11-9-8-10-12-21/h8-18,24-27H,1-7H3/t24-,25+,26+,27+,35?/m0/s1. The molecule has 0 aliphatic carbocycles. The summed E-state index contributed by atoms with van der Waals surface area (Å²) < 4.78 is 15.5. The van der Waals surface area contributed by atoms with Crippen LogP contribution >= 0.6 is 7.14 Å². The molecule has 0 N–H and O–H groups in total. The summed E-state index contributed by atoms with van der Waals surface area (Å²) >= 11 is 0. The van der Waals surface area contributed by atoms with Crippen LogP contribution in [0.3, 0.4) is 0 Å². The van der Waals surface area contributed by atoms with E-state index in [1.54, 1.807) is 12.1 Å². The average Bonchev–Trinajstić information content (AvgIpc) is 3.33. The van der Waals surface area contributed by atoms with E-state index in [4.69, 9.17) is 0 Å². The zero-order valence-corrected chi connectivity index (χ0v) is 22.7. The molecule has 184 valence electrons. The highest BCUT2D eigenvalue weighted by Gasteiger charge is 2.71. The van der Waals surface area contributed by atoms with Crippen molar-refractivity contribution in [1.29, 1.82) is 0 Å².